The molecule has 1 aromatic heterocycles. The molecule has 2 heterocycles. The third kappa shape index (κ3) is 4.40. The van der Waals surface area contributed by atoms with Crippen molar-refractivity contribution in [1.82, 2.24) is 4.98 Å². The fourth-order valence-electron chi connectivity index (χ4n) is 4.99. The van der Waals surface area contributed by atoms with Crippen molar-refractivity contribution in [3.8, 4) is 22.3 Å². The second kappa shape index (κ2) is 9.62. The number of hydrogen-bond donors (Lipinski definition) is 2. The van der Waals surface area contributed by atoms with Crippen LogP contribution in [0, 0.1) is 24.4 Å². The summed E-state index contributed by atoms with van der Waals surface area (Å²) in [6, 6.07) is 12.1. The number of nitrogens with two attached hydrogens (primary N) is 1. The van der Waals surface area contributed by atoms with Gasteiger partial charge < -0.3 is 15.8 Å². The van der Waals surface area contributed by atoms with Gasteiger partial charge in [-0.25, -0.2) is 13.2 Å². The quantitative estimate of drug-likeness (QED) is 0.208. The summed E-state index contributed by atoms with van der Waals surface area (Å²) in [5, 5.41) is 13.0. The smallest absolute Gasteiger partial charge is 0.132 e. The van der Waals surface area contributed by atoms with Gasteiger partial charge in [-0.05, 0) is 72.4 Å². The van der Waals surface area contributed by atoms with Crippen LogP contribution in [0.2, 0.25) is 0 Å². The lowest BCUT2D eigenvalue weighted by Gasteiger charge is -2.34. The van der Waals surface area contributed by atoms with Crippen molar-refractivity contribution in [3.63, 3.8) is 0 Å². The number of benzene rings is 3. The average Bonchev–Trinajstić information content (AvgIpc) is 2.85. The first-order valence-electron chi connectivity index (χ1n) is 11.7. The minimum absolute atomic E-state index is 0.0928. The average molecular weight is 491 g/mol. The number of hydrogen-bond acceptors (Lipinski definition) is 5. The van der Waals surface area contributed by atoms with E-state index in [1.54, 1.807) is 12.3 Å². The Bertz CT molecular complexity index is 1460. The maximum Gasteiger partial charge on any atom is 0.132 e. The Hall–Kier alpha value is -3.91. The predicted octanol–water partition coefficient (Wildman–Crippen LogP) is 6.03. The number of aromatic nitrogens is 1. The van der Waals surface area contributed by atoms with Gasteiger partial charge in [-0.1, -0.05) is 17.3 Å². The molecule has 1 saturated heterocycles. The molecule has 5 nitrogen and oxygen atoms in total. The molecule has 1 aliphatic heterocycles. The van der Waals surface area contributed by atoms with Crippen LogP contribution in [0.4, 0.5) is 18.9 Å². The van der Waals surface area contributed by atoms with Crippen LogP contribution < -0.4 is 10.6 Å². The van der Waals surface area contributed by atoms with Gasteiger partial charge in [-0.2, -0.15) is 0 Å². The van der Waals surface area contributed by atoms with Crippen LogP contribution in [0.1, 0.15) is 24.0 Å². The Morgan fingerprint density at radius 1 is 1.00 bits per heavy atom. The molecule has 0 saturated carbocycles. The summed E-state index contributed by atoms with van der Waals surface area (Å²) in [6.07, 6.45) is 4.28. The first-order chi connectivity index (χ1) is 17.4. The Balaban J connectivity index is 1.79. The number of pyridine rings is 1. The zero-order valence-corrected chi connectivity index (χ0v) is 19.7. The molecule has 4 aromatic rings. The van der Waals surface area contributed by atoms with Crippen LogP contribution in [-0.2, 0) is 0 Å². The van der Waals surface area contributed by atoms with Crippen LogP contribution in [0.15, 0.2) is 59.9 Å². The van der Waals surface area contributed by atoms with E-state index in [0.717, 1.165) is 41.8 Å². The van der Waals surface area contributed by atoms with E-state index in [9.17, 15) is 13.2 Å². The van der Waals surface area contributed by atoms with Crippen molar-refractivity contribution in [2.24, 2.45) is 10.9 Å². The van der Waals surface area contributed by atoms with Gasteiger partial charge in [-0.3, -0.25) is 4.98 Å². The SMILES string of the molecule is Cc1ccc(F)c(/C=N/O)c1-c1ccc2ncc(-c3cc(F)cc(F)c3)c(N3CCC(N)CC3)c2c1. The van der Waals surface area contributed by atoms with E-state index >= 15 is 0 Å². The lowest BCUT2D eigenvalue weighted by Crippen LogP contribution is -2.40. The Labute approximate surface area is 206 Å². The number of halogens is 3. The minimum atomic E-state index is -0.672. The van der Waals surface area contributed by atoms with Gasteiger partial charge in [0.25, 0.3) is 0 Å². The van der Waals surface area contributed by atoms with Gasteiger partial charge in [0.15, 0.2) is 0 Å². The number of rotatable bonds is 4. The van der Waals surface area contributed by atoms with E-state index in [4.69, 9.17) is 10.9 Å². The van der Waals surface area contributed by atoms with E-state index in [2.05, 4.69) is 15.0 Å². The lowest BCUT2D eigenvalue weighted by atomic mass is 9.92. The molecule has 36 heavy (non-hydrogen) atoms. The highest BCUT2D eigenvalue weighted by molar-refractivity contribution is 6.03. The van der Waals surface area contributed by atoms with E-state index < -0.39 is 17.5 Å². The largest absolute Gasteiger partial charge is 0.411 e. The number of nitrogens with zero attached hydrogens (tertiary/aromatic N) is 3. The van der Waals surface area contributed by atoms with Gasteiger partial charge in [0.05, 0.1) is 17.4 Å². The normalized spacial score (nSPS) is 14.8. The molecule has 5 rings (SSSR count). The molecule has 0 radical (unpaired) electrons. The summed E-state index contributed by atoms with van der Waals surface area (Å²) in [4.78, 5) is 6.75. The monoisotopic (exact) mass is 490 g/mol. The zero-order chi connectivity index (χ0) is 25.4. The number of piperidine rings is 1. The maximum atomic E-state index is 14.7. The zero-order valence-electron chi connectivity index (χ0n) is 19.7. The Morgan fingerprint density at radius 3 is 2.42 bits per heavy atom. The molecule has 0 atom stereocenters. The van der Waals surface area contributed by atoms with Crippen LogP contribution in [-0.4, -0.2) is 35.5 Å². The second-order valence-corrected chi connectivity index (χ2v) is 9.13. The highest BCUT2D eigenvalue weighted by Crippen LogP contribution is 2.40. The highest BCUT2D eigenvalue weighted by atomic mass is 19.1. The minimum Gasteiger partial charge on any atom is -0.411 e. The summed E-state index contributed by atoms with van der Waals surface area (Å²) in [5.74, 6) is -1.86. The number of anilines is 1. The van der Waals surface area contributed by atoms with Crippen molar-refractivity contribution >= 4 is 22.8 Å². The molecule has 8 heteroatoms. The third-order valence-electron chi connectivity index (χ3n) is 6.75. The molecule has 0 spiro atoms. The van der Waals surface area contributed by atoms with Crippen molar-refractivity contribution < 1.29 is 18.4 Å². The number of aryl methyl sites for hydroxylation is 1. The number of fused-ring (bicyclic) bond motifs is 1. The van der Waals surface area contributed by atoms with Gasteiger partial charge in [0.2, 0.25) is 0 Å². The van der Waals surface area contributed by atoms with Gasteiger partial charge >= 0.3 is 0 Å². The molecule has 0 unspecified atom stereocenters. The second-order valence-electron chi connectivity index (χ2n) is 9.13. The third-order valence-corrected chi connectivity index (χ3v) is 6.75. The molecule has 3 aromatic carbocycles. The highest BCUT2D eigenvalue weighted by Gasteiger charge is 2.23. The van der Waals surface area contributed by atoms with E-state index in [0.29, 0.717) is 40.9 Å². The van der Waals surface area contributed by atoms with Crippen LogP contribution in [0.5, 0.6) is 0 Å². The van der Waals surface area contributed by atoms with Gasteiger partial charge in [0.1, 0.15) is 17.5 Å². The van der Waals surface area contributed by atoms with E-state index in [1.807, 2.05) is 25.1 Å². The molecule has 184 valence electrons. The predicted molar refractivity (Wildman–Crippen MR) is 136 cm³/mol. The molecular formula is C28H25F3N4O. The summed E-state index contributed by atoms with van der Waals surface area (Å²) < 4.78 is 43.0. The fraction of sp³-hybridized carbons (Fsp3) is 0.214. The summed E-state index contributed by atoms with van der Waals surface area (Å²) in [7, 11) is 0. The fourth-order valence-corrected chi connectivity index (χ4v) is 4.99. The topological polar surface area (TPSA) is 74.7 Å². The van der Waals surface area contributed by atoms with Crippen molar-refractivity contribution in [2.75, 3.05) is 18.0 Å². The van der Waals surface area contributed by atoms with Crippen LogP contribution >= 0.6 is 0 Å². The Morgan fingerprint density at radius 2 is 1.72 bits per heavy atom. The summed E-state index contributed by atoms with van der Waals surface area (Å²) in [5.41, 5.74) is 10.9. The summed E-state index contributed by atoms with van der Waals surface area (Å²) in [6.45, 7) is 3.21. The first kappa shape index (κ1) is 23.8. The van der Waals surface area contributed by atoms with Crippen LogP contribution in [0.25, 0.3) is 33.2 Å². The standard InChI is InChI=1S/C28H25F3N4O/c1-16-2-4-25(31)24(15-34-36)27(16)17-3-5-26-22(12-17)28(35-8-6-21(32)7-9-35)23(14-33-26)18-10-19(29)13-20(30)11-18/h2-5,10-15,21,36H,6-9,32H2,1H3/b34-15+. The first-order valence-corrected chi connectivity index (χ1v) is 11.7. The lowest BCUT2D eigenvalue weighted by molar-refractivity contribution is 0.321. The maximum absolute atomic E-state index is 14.7. The molecule has 1 aliphatic rings. The summed E-state index contributed by atoms with van der Waals surface area (Å²) >= 11 is 0. The van der Waals surface area contributed by atoms with Crippen LogP contribution in [0.3, 0.4) is 0 Å². The van der Waals surface area contributed by atoms with Crippen molar-refractivity contribution in [2.45, 2.75) is 25.8 Å². The number of oxime groups is 1. The molecular weight excluding hydrogens is 465 g/mol. The molecule has 1 fully saturated rings. The Kier molecular flexibility index (Phi) is 6.36. The van der Waals surface area contributed by atoms with Gasteiger partial charge in [-0.15, -0.1) is 0 Å². The van der Waals surface area contributed by atoms with E-state index in [1.165, 1.54) is 18.2 Å². The van der Waals surface area contributed by atoms with E-state index in [-0.39, 0.29) is 11.6 Å². The molecule has 3 N–H and O–H groups in total. The molecule has 0 amide bonds. The van der Waals surface area contributed by atoms with Crippen molar-refractivity contribution in [3.05, 3.63) is 83.3 Å². The van der Waals surface area contributed by atoms with Crippen molar-refractivity contribution in [1.29, 1.82) is 0 Å². The molecule has 0 bridgehead atoms. The van der Waals surface area contributed by atoms with Gasteiger partial charge in [0, 0.05) is 47.9 Å². The molecule has 0 aliphatic carbocycles.